The molecule has 0 spiro atoms. The zero-order valence-electron chi connectivity index (χ0n) is 4.54. The third kappa shape index (κ3) is 1.38. The molecule has 1 aromatic rings. The Morgan fingerprint density at radius 2 is 1.75 bits per heavy atom. The SMILES string of the molecule is [Mg]=[N]c1ccccc1. The molecule has 1 rings (SSSR count). The number of nitrogens with zero attached hydrogens (tertiary/aromatic N) is 1. The summed E-state index contributed by atoms with van der Waals surface area (Å²) in [7, 11) is 0. The Balaban J connectivity index is 2.99. The van der Waals surface area contributed by atoms with E-state index in [1.807, 2.05) is 30.3 Å². The van der Waals surface area contributed by atoms with Crippen LogP contribution in [0, 0.1) is 0 Å². The van der Waals surface area contributed by atoms with Crippen molar-refractivity contribution in [3.8, 4) is 0 Å². The standard InChI is InChI=1S/C6H5N.Mg/c7-6-4-2-1-3-5-6;/h1-5H;. The summed E-state index contributed by atoms with van der Waals surface area (Å²) in [5.74, 6) is 0. The summed E-state index contributed by atoms with van der Waals surface area (Å²) in [4.78, 5) is 0. The molecule has 0 aliphatic carbocycles. The summed E-state index contributed by atoms with van der Waals surface area (Å²) in [6.07, 6.45) is 0. The molecule has 0 fully saturated rings. The van der Waals surface area contributed by atoms with Crippen LogP contribution in [0.5, 0.6) is 0 Å². The van der Waals surface area contributed by atoms with Crippen molar-refractivity contribution in [1.29, 1.82) is 0 Å². The van der Waals surface area contributed by atoms with Gasteiger partial charge in [-0.15, -0.1) is 0 Å². The molecule has 8 heavy (non-hydrogen) atoms. The van der Waals surface area contributed by atoms with Crippen molar-refractivity contribution in [2.24, 2.45) is 3.26 Å². The topological polar surface area (TPSA) is 12.4 Å². The second-order valence-corrected chi connectivity index (χ2v) is 1.81. The van der Waals surface area contributed by atoms with E-state index in [9.17, 15) is 0 Å². The normalized spacial score (nSPS) is 8.75. The third-order valence-corrected chi connectivity index (χ3v) is 1.30. The van der Waals surface area contributed by atoms with Crippen LogP contribution in [0.15, 0.2) is 33.6 Å². The molecular weight excluding hydrogens is 110 g/mol. The zero-order chi connectivity index (χ0) is 5.82. The minimum atomic E-state index is 1.05. The van der Waals surface area contributed by atoms with Gasteiger partial charge in [-0.3, -0.25) is 0 Å². The average Bonchev–Trinajstić information content (AvgIpc) is 1.90. The molecule has 0 aliphatic heterocycles. The molecule has 0 N–H and O–H groups in total. The fourth-order valence-corrected chi connectivity index (χ4v) is 0.744. The molecule has 0 saturated heterocycles. The summed E-state index contributed by atoms with van der Waals surface area (Å²) < 4.78 is 4.00. The molecule has 0 unspecified atom stereocenters. The van der Waals surface area contributed by atoms with E-state index in [-0.39, 0.29) is 0 Å². The fraction of sp³-hybridized carbons (Fsp3) is 0. The zero-order valence-corrected chi connectivity index (χ0v) is 5.96. The van der Waals surface area contributed by atoms with Crippen molar-refractivity contribution in [2.45, 2.75) is 0 Å². The van der Waals surface area contributed by atoms with Gasteiger partial charge in [-0.1, -0.05) is 0 Å². The molecular formula is C6H5MgN. The van der Waals surface area contributed by atoms with Crippen molar-refractivity contribution in [3.63, 3.8) is 0 Å². The van der Waals surface area contributed by atoms with Gasteiger partial charge in [0.1, 0.15) is 0 Å². The summed E-state index contributed by atoms with van der Waals surface area (Å²) in [5.41, 5.74) is 1.05. The van der Waals surface area contributed by atoms with Crippen LogP contribution in [-0.4, -0.2) is 21.5 Å². The maximum atomic E-state index is 4.00. The summed E-state index contributed by atoms with van der Waals surface area (Å²) in [6, 6.07) is 9.90. The van der Waals surface area contributed by atoms with Crippen LogP contribution in [0.2, 0.25) is 0 Å². The van der Waals surface area contributed by atoms with Gasteiger partial charge in [0.2, 0.25) is 0 Å². The first-order valence-electron chi connectivity index (χ1n) is 2.45. The Bertz CT molecular complexity index is 171. The fourth-order valence-electron chi connectivity index (χ4n) is 0.533. The van der Waals surface area contributed by atoms with Crippen LogP contribution < -0.4 is 0 Å². The predicted octanol–water partition coefficient (Wildman–Crippen LogP) is 1.67. The molecule has 0 aromatic heterocycles. The molecule has 1 nitrogen and oxygen atoms in total. The Kier molecular flexibility index (Phi) is 2.18. The molecule has 1 aromatic carbocycles. The molecule has 0 aliphatic rings. The van der Waals surface area contributed by atoms with Crippen molar-refractivity contribution in [3.05, 3.63) is 30.3 Å². The van der Waals surface area contributed by atoms with E-state index >= 15 is 0 Å². The minimum absolute atomic E-state index is 1.05. The van der Waals surface area contributed by atoms with Gasteiger partial charge >= 0.3 is 60.8 Å². The van der Waals surface area contributed by atoms with Gasteiger partial charge in [-0.2, -0.15) is 0 Å². The summed E-state index contributed by atoms with van der Waals surface area (Å²) in [5, 5.41) is 0. The van der Waals surface area contributed by atoms with Gasteiger partial charge in [0.25, 0.3) is 0 Å². The Morgan fingerprint density at radius 3 is 2.12 bits per heavy atom. The molecule has 0 heterocycles. The van der Waals surface area contributed by atoms with Crippen LogP contribution in [0.3, 0.4) is 0 Å². The number of hydrogen-bond acceptors (Lipinski definition) is 1. The van der Waals surface area contributed by atoms with Gasteiger partial charge < -0.3 is 0 Å². The van der Waals surface area contributed by atoms with E-state index in [2.05, 4.69) is 3.26 Å². The van der Waals surface area contributed by atoms with Gasteiger partial charge in [0, 0.05) is 0 Å². The monoisotopic (exact) mass is 115 g/mol. The van der Waals surface area contributed by atoms with E-state index < -0.39 is 0 Å². The molecule has 0 amide bonds. The molecule has 36 valence electrons. The van der Waals surface area contributed by atoms with Gasteiger partial charge in [0.15, 0.2) is 0 Å². The van der Waals surface area contributed by atoms with Crippen molar-refractivity contribution >= 4 is 27.2 Å². The molecule has 0 bridgehead atoms. The number of rotatable bonds is 1. The average molecular weight is 115 g/mol. The van der Waals surface area contributed by atoms with Crippen molar-refractivity contribution < 1.29 is 0 Å². The van der Waals surface area contributed by atoms with Crippen LogP contribution in [0.4, 0.5) is 5.69 Å². The number of hydrogen-bond donors (Lipinski definition) is 0. The maximum absolute atomic E-state index is 4.00. The second kappa shape index (κ2) is 2.94. The van der Waals surface area contributed by atoms with E-state index in [4.69, 9.17) is 0 Å². The first-order chi connectivity index (χ1) is 3.93. The summed E-state index contributed by atoms with van der Waals surface area (Å²) >= 11 is 1.61. The quantitative estimate of drug-likeness (QED) is 0.494. The van der Waals surface area contributed by atoms with Crippen molar-refractivity contribution in [2.75, 3.05) is 0 Å². The van der Waals surface area contributed by atoms with E-state index in [1.165, 1.54) is 0 Å². The van der Waals surface area contributed by atoms with E-state index in [0.29, 0.717) is 0 Å². The van der Waals surface area contributed by atoms with Crippen molar-refractivity contribution in [1.82, 2.24) is 0 Å². The molecule has 0 atom stereocenters. The van der Waals surface area contributed by atoms with Gasteiger partial charge in [-0.25, -0.2) is 0 Å². The molecule has 0 saturated carbocycles. The van der Waals surface area contributed by atoms with Gasteiger partial charge in [0.05, 0.1) is 0 Å². The Hall–Kier alpha value is -0.214. The predicted molar refractivity (Wildman–Crippen MR) is 34.3 cm³/mol. The van der Waals surface area contributed by atoms with Crippen LogP contribution >= 0.6 is 0 Å². The summed E-state index contributed by atoms with van der Waals surface area (Å²) in [6.45, 7) is 0. The van der Waals surface area contributed by atoms with Crippen LogP contribution in [0.25, 0.3) is 0 Å². The third-order valence-electron chi connectivity index (χ3n) is 0.939. The van der Waals surface area contributed by atoms with Crippen LogP contribution in [-0.2, 0) is 0 Å². The van der Waals surface area contributed by atoms with E-state index in [1.54, 1.807) is 21.5 Å². The van der Waals surface area contributed by atoms with E-state index in [0.717, 1.165) is 5.69 Å². The second-order valence-electron chi connectivity index (χ2n) is 1.49. The first-order valence-corrected chi connectivity index (χ1v) is 3.08. The van der Waals surface area contributed by atoms with Crippen LogP contribution in [0.1, 0.15) is 0 Å². The number of benzene rings is 1. The van der Waals surface area contributed by atoms with Gasteiger partial charge in [-0.05, 0) is 0 Å². The Labute approximate surface area is 61.0 Å². The molecule has 0 radical (unpaired) electrons. The first kappa shape index (κ1) is 5.91. The molecule has 2 heteroatoms. The Morgan fingerprint density at radius 1 is 1.12 bits per heavy atom.